The highest BCUT2D eigenvalue weighted by Gasteiger charge is 2.33. The second kappa shape index (κ2) is 6.98. The van der Waals surface area contributed by atoms with Gasteiger partial charge in [0.2, 0.25) is 5.91 Å². The Bertz CT molecular complexity index is 1030. The average Bonchev–Trinajstić information content (AvgIpc) is 3.26. The van der Waals surface area contributed by atoms with E-state index < -0.39 is 0 Å². The standard InChI is InChI=1S/C20H22N4O3/c1-12-19(13(2)27-23-12)17-8-5-11-24(17)18(25)10-9-16-20(26)22-15-7-4-3-6-14(15)21-16/h3-4,6-7,17H,5,8-11H2,1-2H3,(H,22,26)/t17-/m1/s1. The van der Waals surface area contributed by atoms with Crippen LogP contribution in [0.3, 0.4) is 0 Å². The molecule has 1 N–H and O–H groups in total. The van der Waals surface area contributed by atoms with Gasteiger partial charge in [0, 0.05) is 24.9 Å². The van der Waals surface area contributed by atoms with Crippen LogP contribution in [-0.4, -0.2) is 32.5 Å². The molecule has 1 atom stereocenters. The smallest absolute Gasteiger partial charge is 0.270 e. The van der Waals surface area contributed by atoms with Crippen molar-refractivity contribution in [2.24, 2.45) is 0 Å². The Kier molecular flexibility index (Phi) is 4.51. The fourth-order valence-electron chi connectivity index (χ4n) is 3.94. The maximum absolute atomic E-state index is 12.9. The number of hydrogen-bond acceptors (Lipinski definition) is 5. The number of amides is 1. The first-order valence-corrected chi connectivity index (χ1v) is 9.25. The molecule has 1 amide bonds. The number of aromatic amines is 1. The maximum atomic E-state index is 12.9. The molecule has 0 radical (unpaired) electrons. The number of aryl methyl sites for hydroxylation is 3. The van der Waals surface area contributed by atoms with Crippen molar-refractivity contribution in [3.63, 3.8) is 0 Å². The summed E-state index contributed by atoms with van der Waals surface area (Å²) in [4.78, 5) is 34.3. The molecule has 0 aliphatic carbocycles. The Hall–Kier alpha value is -2.96. The molecule has 0 unspecified atom stereocenters. The summed E-state index contributed by atoms with van der Waals surface area (Å²) in [6.07, 6.45) is 2.44. The van der Waals surface area contributed by atoms with E-state index in [9.17, 15) is 9.59 Å². The van der Waals surface area contributed by atoms with E-state index in [0.29, 0.717) is 17.6 Å². The van der Waals surface area contributed by atoms with Gasteiger partial charge in [0.15, 0.2) is 0 Å². The largest absolute Gasteiger partial charge is 0.361 e. The Morgan fingerprint density at radius 2 is 2.15 bits per heavy atom. The predicted octanol–water partition coefficient (Wildman–Crippen LogP) is 2.82. The lowest BCUT2D eigenvalue weighted by atomic mass is 10.0. The van der Waals surface area contributed by atoms with Crippen LogP contribution in [0, 0.1) is 13.8 Å². The van der Waals surface area contributed by atoms with Crippen LogP contribution in [0.2, 0.25) is 0 Å². The fraction of sp³-hybridized carbons (Fsp3) is 0.400. The number of H-pyrrole nitrogens is 1. The van der Waals surface area contributed by atoms with Crippen molar-refractivity contribution in [1.82, 2.24) is 20.0 Å². The summed E-state index contributed by atoms with van der Waals surface area (Å²) in [5.41, 5.74) is 3.46. The molecule has 7 heteroatoms. The van der Waals surface area contributed by atoms with Gasteiger partial charge < -0.3 is 14.4 Å². The minimum absolute atomic E-state index is 0.00611. The summed E-state index contributed by atoms with van der Waals surface area (Å²) in [7, 11) is 0. The van der Waals surface area contributed by atoms with Crippen molar-refractivity contribution < 1.29 is 9.32 Å². The van der Waals surface area contributed by atoms with E-state index in [0.717, 1.165) is 41.9 Å². The number of rotatable bonds is 4. The monoisotopic (exact) mass is 366 g/mol. The molecule has 1 aromatic carbocycles. The van der Waals surface area contributed by atoms with Gasteiger partial charge >= 0.3 is 0 Å². The molecule has 1 aliphatic rings. The van der Waals surface area contributed by atoms with E-state index in [-0.39, 0.29) is 23.9 Å². The number of carbonyl (C=O) groups excluding carboxylic acids is 1. The second-order valence-corrected chi connectivity index (χ2v) is 7.01. The highest BCUT2D eigenvalue weighted by Crippen LogP contribution is 2.35. The number of nitrogens with zero attached hydrogens (tertiary/aromatic N) is 3. The lowest BCUT2D eigenvalue weighted by molar-refractivity contribution is -0.132. The average molecular weight is 366 g/mol. The summed E-state index contributed by atoms with van der Waals surface area (Å²) in [5.74, 6) is 0.802. The predicted molar refractivity (Wildman–Crippen MR) is 100 cm³/mol. The number of hydrogen-bond donors (Lipinski definition) is 1. The van der Waals surface area contributed by atoms with Crippen molar-refractivity contribution in [2.75, 3.05) is 6.54 Å². The number of nitrogens with one attached hydrogen (secondary N) is 1. The normalized spacial score (nSPS) is 17.0. The number of likely N-dealkylation sites (tertiary alicyclic amines) is 1. The van der Waals surface area contributed by atoms with Crippen molar-refractivity contribution in [3.05, 3.63) is 57.3 Å². The number of benzene rings is 1. The van der Waals surface area contributed by atoms with Crippen LogP contribution in [0.25, 0.3) is 11.0 Å². The first-order valence-electron chi connectivity index (χ1n) is 9.25. The van der Waals surface area contributed by atoms with E-state index in [4.69, 9.17) is 4.52 Å². The molecule has 1 fully saturated rings. The van der Waals surface area contributed by atoms with Crippen LogP contribution < -0.4 is 5.56 Å². The minimum atomic E-state index is -0.231. The first-order chi connectivity index (χ1) is 13.0. The highest BCUT2D eigenvalue weighted by molar-refractivity contribution is 5.77. The number of para-hydroxylation sites is 2. The van der Waals surface area contributed by atoms with Crippen LogP contribution in [0.1, 0.15) is 48.0 Å². The minimum Gasteiger partial charge on any atom is -0.361 e. The maximum Gasteiger partial charge on any atom is 0.270 e. The summed E-state index contributed by atoms with van der Waals surface area (Å²) in [5, 5.41) is 4.02. The quantitative estimate of drug-likeness (QED) is 0.766. The van der Waals surface area contributed by atoms with E-state index in [1.165, 1.54) is 0 Å². The van der Waals surface area contributed by atoms with Crippen molar-refractivity contribution in [2.45, 2.75) is 45.6 Å². The molecule has 27 heavy (non-hydrogen) atoms. The van der Waals surface area contributed by atoms with Gasteiger partial charge in [-0.25, -0.2) is 4.98 Å². The summed E-state index contributed by atoms with van der Waals surface area (Å²) >= 11 is 0. The molecule has 2 aromatic heterocycles. The van der Waals surface area contributed by atoms with Crippen LogP contribution in [0.15, 0.2) is 33.6 Å². The Morgan fingerprint density at radius 3 is 2.93 bits per heavy atom. The van der Waals surface area contributed by atoms with Crippen LogP contribution in [-0.2, 0) is 11.2 Å². The molecule has 0 saturated carbocycles. The van der Waals surface area contributed by atoms with Gasteiger partial charge in [0.05, 0.1) is 22.8 Å². The third-order valence-electron chi connectivity index (χ3n) is 5.24. The molecule has 1 saturated heterocycles. The first kappa shape index (κ1) is 17.5. The van der Waals surface area contributed by atoms with Gasteiger partial charge in [-0.15, -0.1) is 0 Å². The van der Waals surface area contributed by atoms with E-state index in [1.807, 2.05) is 43.0 Å². The SMILES string of the molecule is Cc1noc(C)c1[C@H]1CCCN1C(=O)CCc1nc2ccccc2[nH]c1=O. The molecule has 1 aliphatic heterocycles. The molecule has 4 rings (SSSR count). The zero-order valence-corrected chi connectivity index (χ0v) is 15.5. The van der Waals surface area contributed by atoms with Crippen LogP contribution >= 0.6 is 0 Å². The Labute approximate surface area is 156 Å². The van der Waals surface area contributed by atoms with Gasteiger partial charge in [-0.05, 0) is 38.8 Å². The second-order valence-electron chi connectivity index (χ2n) is 7.01. The summed E-state index contributed by atoms with van der Waals surface area (Å²) < 4.78 is 5.28. The van der Waals surface area contributed by atoms with Gasteiger partial charge in [-0.1, -0.05) is 17.3 Å². The lowest BCUT2D eigenvalue weighted by Gasteiger charge is -2.24. The third kappa shape index (κ3) is 3.25. The lowest BCUT2D eigenvalue weighted by Crippen LogP contribution is -2.31. The number of carbonyl (C=O) groups is 1. The zero-order valence-electron chi connectivity index (χ0n) is 15.5. The fourth-order valence-corrected chi connectivity index (χ4v) is 3.94. The van der Waals surface area contributed by atoms with Crippen molar-refractivity contribution in [1.29, 1.82) is 0 Å². The zero-order chi connectivity index (χ0) is 19.0. The molecule has 0 spiro atoms. The summed E-state index contributed by atoms with van der Waals surface area (Å²) in [6.45, 7) is 4.51. The third-order valence-corrected chi connectivity index (χ3v) is 5.24. The molecule has 3 heterocycles. The van der Waals surface area contributed by atoms with E-state index >= 15 is 0 Å². The Balaban J connectivity index is 1.51. The highest BCUT2D eigenvalue weighted by atomic mass is 16.5. The van der Waals surface area contributed by atoms with Gasteiger partial charge in [-0.2, -0.15) is 0 Å². The van der Waals surface area contributed by atoms with E-state index in [1.54, 1.807) is 0 Å². The molecule has 7 nitrogen and oxygen atoms in total. The van der Waals surface area contributed by atoms with Crippen molar-refractivity contribution >= 4 is 16.9 Å². The number of fused-ring (bicyclic) bond motifs is 1. The Morgan fingerprint density at radius 1 is 1.33 bits per heavy atom. The van der Waals surface area contributed by atoms with E-state index in [2.05, 4.69) is 15.1 Å². The molecule has 0 bridgehead atoms. The van der Waals surface area contributed by atoms with Gasteiger partial charge in [0.1, 0.15) is 11.5 Å². The molecule has 140 valence electrons. The molecular formula is C20H22N4O3. The van der Waals surface area contributed by atoms with Crippen LogP contribution in [0.5, 0.6) is 0 Å². The van der Waals surface area contributed by atoms with Crippen LogP contribution in [0.4, 0.5) is 0 Å². The number of aromatic nitrogens is 3. The van der Waals surface area contributed by atoms with Crippen molar-refractivity contribution in [3.8, 4) is 0 Å². The van der Waals surface area contributed by atoms with Gasteiger partial charge in [-0.3, -0.25) is 9.59 Å². The molecular weight excluding hydrogens is 344 g/mol. The topological polar surface area (TPSA) is 92.1 Å². The van der Waals surface area contributed by atoms with Gasteiger partial charge in [0.25, 0.3) is 5.56 Å². The summed E-state index contributed by atoms with van der Waals surface area (Å²) in [6, 6.07) is 7.40. The molecule has 3 aromatic rings.